The summed E-state index contributed by atoms with van der Waals surface area (Å²) in [5, 5.41) is 3.27. The molecule has 0 unspecified atom stereocenters. The molecule has 0 fully saturated rings. The number of hydrogen-bond acceptors (Lipinski definition) is 4. The van der Waals surface area contributed by atoms with Crippen LogP contribution in [0.1, 0.15) is 47.5 Å². The maximum absolute atomic E-state index is 11.8. The van der Waals surface area contributed by atoms with Gasteiger partial charge in [-0.05, 0) is 39.5 Å². The molecule has 0 atom stereocenters. The molecule has 0 bridgehead atoms. The standard InChI is InChI=1S/C15H26N2OS/c1-10(2)8-7-9-17(6)12-11(13(18)14(12)19)16-15(3,4)5/h10,16H,7-9H2,1-6H3. The minimum absolute atomic E-state index is 0.0179. The summed E-state index contributed by atoms with van der Waals surface area (Å²) < 4.78 is 0.471. The van der Waals surface area contributed by atoms with Crippen LogP contribution in [0.4, 0.5) is 11.4 Å². The zero-order chi connectivity index (χ0) is 14.8. The molecule has 0 aliphatic heterocycles. The third kappa shape index (κ3) is 4.30. The smallest absolute Gasteiger partial charge is 0.224 e. The van der Waals surface area contributed by atoms with Crippen molar-refractivity contribution in [2.24, 2.45) is 5.92 Å². The molecule has 1 aromatic rings. The first-order valence-electron chi connectivity index (χ1n) is 6.96. The molecule has 0 spiro atoms. The Balaban J connectivity index is 2.75. The Morgan fingerprint density at radius 1 is 1.32 bits per heavy atom. The highest BCUT2D eigenvalue weighted by molar-refractivity contribution is 7.71. The molecular weight excluding hydrogens is 256 g/mol. The van der Waals surface area contributed by atoms with Gasteiger partial charge in [0, 0.05) is 19.1 Å². The first kappa shape index (κ1) is 16.2. The maximum atomic E-state index is 11.8. The Labute approximate surface area is 121 Å². The summed E-state index contributed by atoms with van der Waals surface area (Å²) >= 11 is 5.18. The molecule has 0 amide bonds. The van der Waals surface area contributed by atoms with Crippen LogP contribution in [0.3, 0.4) is 0 Å². The lowest BCUT2D eigenvalue weighted by Crippen LogP contribution is -2.35. The summed E-state index contributed by atoms with van der Waals surface area (Å²) in [7, 11) is 2.01. The first-order chi connectivity index (χ1) is 8.63. The van der Waals surface area contributed by atoms with Crippen LogP contribution in [0, 0.1) is 10.4 Å². The Bertz CT molecular complexity index is 493. The van der Waals surface area contributed by atoms with Crippen molar-refractivity contribution >= 4 is 23.6 Å². The van der Waals surface area contributed by atoms with Gasteiger partial charge in [0.05, 0.1) is 5.69 Å². The normalized spacial score (nSPS) is 12.2. The first-order valence-corrected chi connectivity index (χ1v) is 7.37. The molecule has 0 saturated carbocycles. The predicted molar refractivity (Wildman–Crippen MR) is 86.6 cm³/mol. The van der Waals surface area contributed by atoms with Gasteiger partial charge >= 0.3 is 0 Å². The van der Waals surface area contributed by atoms with Crippen LogP contribution in [0.15, 0.2) is 4.79 Å². The molecule has 1 aromatic carbocycles. The summed E-state index contributed by atoms with van der Waals surface area (Å²) in [6.07, 6.45) is 2.32. The average Bonchev–Trinajstić information content (AvgIpc) is 2.25. The second kappa shape index (κ2) is 6.04. The fourth-order valence-electron chi connectivity index (χ4n) is 2.08. The van der Waals surface area contributed by atoms with E-state index in [1.165, 1.54) is 6.42 Å². The van der Waals surface area contributed by atoms with Crippen molar-refractivity contribution in [1.82, 2.24) is 0 Å². The summed E-state index contributed by atoms with van der Waals surface area (Å²) in [5.41, 5.74) is 1.46. The van der Waals surface area contributed by atoms with Gasteiger partial charge in [0.1, 0.15) is 10.2 Å². The van der Waals surface area contributed by atoms with E-state index in [9.17, 15) is 4.79 Å². The van der Waals surface area contributed by atoms with E-state index in [2.05, 4.69) is 24.1 Å². The fraction of sp³-hybridized carbons (Fsp3) is 0.733. The third-order valence-electron chi connectivity index (χ3n) is 3.04. The molecule has 3 nitrogen and oxygen atoms in total. The Kier molecular flexibility index (Phi) is 5.13. The lowest BCUT2D eigenvalue weighted by molar-refractivity contribution is 0.555. The molecular formula is C15H26N2OS. The highest BCUT2D eigenvalue weighted by Crippen LogP contribution is 2.29. The van der Waals surface area contributed by atoms with Crippen molar-refractivity contribution in [2.75, 3.05) is 23.8 Å². The molecule has 0 radical (unpaired) electrons. The van der Waals surface area contributed by atoms with Crippen molar-refractivity contribution in [3.63, 3.8) is 0 Å². The molecule has 0 aliphatic carbocycles. The largest absolute Gasteiger partial charge is 0.376 e. The van der Waals surface area contributed by atoms with Gasteiger partial charge in [-0.2, -0.15) is 0 Å². The van der Waals surface area contributed by atoms with Crippen molar-refractivity contribution in [3.05, 3.63) is 14.7 Å². The van der Waals surface area contributed by atoms with Gasteiger partial charge in [0.15, 0.2) is 0 Å². The van der Waals surface area contributed by atoms with E-state index in [1.54, 1.807) is 0 Å². The molecule has 0 saturated heterocycles. The van der Waals surface area contributed by atoms with Crippen molar-refractivity contribution in [2.45, 2.75) is 53.0 Å². The predicted octanol–water partition coefficient (Wildman–Crippen LogP) is 3.73. The van der Waals surface area contributed by atoms with E-state index >= 15 is 0 Å². The van der Waals surface area contributed by atoms with Crippen LogP contribution < -0.4 is 15.6 Å². The van der Waals surface area contributed by atoms with Gasteiger partial charge in [-0.3, -0.25) is 4.79 Å². The lowest BCUT2D eigenvalue weighted by atomic mass is 10.1. The zero-order valence-corrected chi connectivity index (χ0v) is 13.8. The van der Waals surface area contributed by atoms with E-state index in [0.29, 0.717) is 16.1 Å². The minimum atomic E-state index is -0.120. The van der Waals surface area contributed by atoms with E-state index in [1.807, 2.05) is 27.8 Å². The number of anilines is 2. The molecule has 108 valence electrons. The van der Waals surface area contributed by atoms with Gasteiger partial charge in [-0.1, -0.05) is 26.1 Å². The number of rotatable bonds is 6. The van der Waals surface area contributed by atoms with Crippen LogP contribution in [0.5, 0.6) is 0 Å². The molecule has 4 heteroatoms. The third-order valence-corrected chi connectivity index (χ3v) is 3.42. The topological polar surface area (TPSA) is 32.3 Å². The number of hydrogen-bond donors (Lipinski definition) is 1. The van der Waals surface area contributed by atoms with Crippen LogP contribution >= 0.6 is 12.2 Å². The van der Waals surface area contributed by atoms with Crippen LogP contribution in [-0.4, -0.2) is 19.1 Å². The highest BCUT2D eigenvalue weighted by atomic mass is 32.1. The van der Waals surface area contributed by atoms with E-state index in [4.69, 9.17) is 12.2 Å². The Morgan fingerprint density at radius 3 is 2.37 bits per heavy atom. The molecule has 0 heterocycles. The highest BCUT2D eigenvalue weighted by Gasteiger charge is 2.24. The van der Waals surface area contributed by atoms with Crippen LogP contribution in [-0.2, 0) is 0 Å². The maximum Gasteiger partial charge on any atom is 0.224 e. The summed E-state index contributed by atoms with van der Waals surface area (Å²) in [4.78, 5) is 14.0. The van der Waals surface area contributed by atoms with Crippen molar-refractivity contribution < 1.29 is 0 Å². The second-order valence-electron chi connectivity index (χ2n) is 6.71. The monoisotopic (exact) mass is 282 g/mol. The van der Waals surface area contributed by atoms with Gasteiger partial charge in [-0.15, -0.1) is 0 Å². The summed E-state index contributed by atoms with van der Waals surface area (Å²) in [6.45, 7) is 11.5. The summed E-state index contributed by atoms with van der Waals surface area (Å²) in [6, 6.07) is 0. The van der Waals surface area contributed by atoms with Gasteiger partial charge < -0.3 is 10.2 Å². The SMILES string of the molecule is CC(C)CCCN(C)c1c(NC(C)(C)C)c(=O)c1=S. The van der Waals surface area contributed by atoms with E-state index in [0.717, 1.165) is 18.7 Å². The molecule has 1 N–H and O–H groups in total. The van der Waals surface area contributed by atoms with Crippen LogP contribution in [0.2, 0.25) is 0 Å². The average molecular weight is 282 g/mol. The number of nitrogens with zero attached hydrogens (tertiary/aromatic N) is 1. The molecule has 0 aliphatic rings. The fourth-order valence-corrected chi connectivity index (χ4v) is 2.44. The van der Waals surface area contributed by atoms with Gasteiger partial charge in [0.25, 0.3) is 0 Å². The Morgan fingerprint density at radius 2 is 1.89 bits per heavy atom. The minimum Gasteiger partial charge on any atom is -0.376 e. The van der Waals surface area contributed by atoms with Gasteiger partial charge in [0.2, 0.25) is 5.43 Å². The van der Waals surface area contributed by atoms with E-state index in [-0.39, 0.29) is 11.0 Å². The Hall–Kier alpha value is -0.900. The number of nitrogens with one attached hydrogen (secondary N) is 1. The molecule has 0 aromatic heterocycles. The molecule has 1 rings (SSSR count). The second-order valence-corrected chi connectivity index (χ2v) is 7.12. The van der Waals surface area contributed by atoms with Gasteiger partial charge in [-0.25, -0.2) is 0 Å². The zero-order valence-electron chi connectivity index (χ0n) is 13.0. The summed E-state index contributed by atoms with van der Waals surface area (Å²) in [5.74, 6) is 0.713. The van der Waals surface area contributed by atoms with Crippen molar-refractivity contribution in [1.29, 1.82) is 0 Å². The molecule has 19 heavy (non-hydrogen) atoms. The van der Waals surface area contributed by atoms with E-state index < -0.39 is 0 Å². The van der Waals surface area contributed by atoms with Crippen LogP contribution in [0.25, 0.3) is 0 Å². The quantitative estimate of drug-likeness (QED) is 0.806. The lowest BCUT2D eigenvalue weighted by Gasteiger charge is -2.29. The van der Waals surface area contributed by atoms with Crippen molar-refractivity contribution in [3.8, 4) is 0 Å².